The first kappa shape index (κ1) is 12.5. The normalized spacial score (nSPS) is 27.2. The zero-order valence-corrected chi connectivity index (χ0v) is 11.6. The molecule has 1 fully saturated rings. The Morgan fingerprint density at radius 1 is 1.37 bits per heavy atom. The lowest BCUT2D eigenvalue weighted by atomic mass is 10.0. The van der Waals surface area contributed by atoms with E-state index in [0.29, 0.717) is 0 Å². The highest BCUT2D eigenvalue weighted by Crippen LogP contribution is 2.22. The maximum atomic E-state index is 5.59. The third kappa shape index (κ3) is 2.32. The third-order valence-electron chi connectivity index (χ3n) is 3.79. The number of H-pyrrole nitrogens is 1. The van der Waals surface area contributed by atoms with Crippen molar-refractivity contribution < 1.29 is 4.74 Å². The van der Waals surface area contributed by atoms with Crippen LogP contribution in [0.15, 0.2) is 12.2 Å². The van der Waals surface area contributed by atoms with Gasteiger partial charge in [-0.05, 0) is 32.8 Å². The first-order chi connectivity index (χ1) is 9.18. The lowest BCUT2D eigenvalue weighted by molar-refractivity contribution is 0.0638. The van der Waals surface area contributed by atoms with Gasteiger partial charge in [0.2, 0.25) is 0 Å². The SMILES string of the molecule is CC1(C)COCCN1c1n[nH]c2/c1=C\C=C\CC\C=2. The van der Waals surface area contributed by atoms with E-state index >= 15 is 0 Å². The van der Waals surface area contributed by atoms with Gasteiger partial charge in [-0.25, -0.2) is 0 Å². The predicted molar refractivity (Wildman–Crippen MR) is 77.4 cm³/mol. The number of morpholine rings is 1. The van der Waals surface area contributed by atoms with Crippen molar-refractivity contribution >= 4 is 18.0 Å². The van der Waals surface area contributed by atoms with Gasteiger partial charge in [-0.2, -0.15) is 5.10 Å². The van der Waals surface area contributed by atoms with Gasteiger partial charge in [-0.3, -0.25) is 5.10 Å². The summed E-state index contributed by atoms with van der Waals surface area (Å²) in [5, 5.41) is 10.1. The largest absolute Gasteiger partial charge is 0.377 e. The minimum atomic E-state index is -0.0128. The van der Waals surface area contributed by atoms with Gasteiger partial charge in [0.05, 0.1) is 24.1 Å². The van der Waals surface area contributed by atoms with Crippen LogP contribution in [0.4, 0.5) is 5.82 Å². The minimum Gasteiger partial charge on any atom is -0.377 e. The molecule has 0 unspecified atom stereocenters. The molecule has 4 heteroatoms. The predicted octanol–water partition coefficient (Wildman–Crippen LogP) is 0.936. The summed E-state index contributed by atoms with van der Waals surface area (Å²) in [7, 11) is 0. The molecule has 0 saturated carbocycles. The summed E-state index contributed by atoms with van der Waals surface area (Å²) in [6.45, 7) is 6.81. The molecule has 3 rings (SSSR count). The van der Waals surface area contributed by atoms with Crippen molar-refractivity contribution in [3.63, 3.8) is 0 Å². The molecular weight excluding hydrogens is 238 g/mol. The fourth-order valence-electron chi connectivity index (χ4n) is 2.72. The Labute approximate surface area is 113 Å². The van der Waals surface area contributed by atoms with Crippen molar-refractivity contribution in [2.75, 3.05) is 24.7 Å². The number of rotatable bonds is 1. The number of ether oxygens (including phenoxy) is 1. The summed E-state index contributed by atoms with van der Waals surface area (Å²) >= 11 is 0. The number of hydrogen-bond donors (Lipinski definition) is 1. The second-order valence-electron chi connectivity index (χ2n) is 5.77. The van der Waals surface area contributed by atoms with Crippen LogP contribution in [0.2, 0.25) is 0 Å². The van der Waals surface area contributed by atoms with E-state index in [1.54, 1.807) is 0 Å². The maximum Gasteiger partial charge on any atom is 0.158 e. The van der Waals surface area contributed by atoms with Gasteiger partial charge in [0.15, 0.2) is 5.82 Å². The van der Waals surface area contributed by atoms with Crippen LogP contribution in [-0.2, 0) is 4.74 Å². The van der Waals surface area contributed by atoms with Crippen LogP contribution in [0.1, 0.15) is 26.7 Å². The summed E-state index contributed by atoms with van der Waals surface area (Å²) in [5.41, 5.74) is -0.0128. The van der Waals surface area contributed by atoms with E-state index in [0.717, 1.165) is 43.8 Å². The number of hydrogen-bond acceptors (Lipinski definition) is 3. The van der Waals surface area contributed by atoms with E-state index in [4.69, 9.17) is 4.74 Å². The van der Waals surface area contributed by atoms with Crippen LogP contribution < -0.4 is 15.5 Å². The van der Waals surface area contributed by atoms with Crippen LogP contribution in [0.5, 0.6) is 0 Å². The third-order valence-corrected chi connectivity index (χ3v) is 3.79. The fourth-order valence-corrected chi connectivity index (χ4v) is 2.72. The molecule has 1 saturated heterocycles. The molecule has 0 spiro atoms. The Bertz CT molecular complexity index is 597. The van der Waals surface area contributed by atoms with E-state index in [2.05, 4.69) is 53.2 Å². The average Bonchev–Trinajstić information content (AvgIpc) is 2.70. The van der Waals surface area contributed by atoms with Crippen molar-refractivity contribution in [1.82, 2.24) is 10.2 Å². The molecule has 1 aliphatic heterocycles. The van der Waals surface area contributed by atoms with Crippen LogP contribution in [0, 0.1) is 0 Å². The number of nitrogens with one attached hydrogen (secondary N) is 1. The van der Waals surface area contributed by atoms with E-state index in [1.165, 1.54) is 5.22 Å². The molecule has 0 amide bonds. The average molecular weight is 259 g/mol. The fraction of sp³-hybridized carbons (Fsp3) is 0.533. The van der Waals surface area contributed by atoms with Crippen molar-refractivity contribution in [3.8, 4) is 0 Å². The Kier molecular flexibility index (Phi) is 3.19. The molecule has 1 N–H and O–H groups in total. The van der Waals surface area contributed by atoms with E-state index in [1.807, 2.05) is 0 Å². The molecule has 2 heterocycles. The van der Waals surface area contributed by atoms with E-state index in [9.17, 15) is 0 Å². The Morgan fingerprint density at radius 2 is 2.26 bits per heavy atom. The number of fused-ring (bicyclic) bond motifs is 1. The van der Waals surface area contributed by atoms with Gasteiger partial charge in [-0.15, -0.1) is 0 Å². The van der Waals surface area contributed by atoms with Crippen molar-refractivity contribution in [1.29, 1.82) is 0 Å². The van der Waals surface area contributed by atoms with Crippen LogP contribution in [0.25, 0.3) is 12.2 Å². The highest BCUT2D eigenvalue weighted by molar-refractivity contribution is 5.53. The number of anilines is 1. The number of aromatic nitrogens is 2. The Hall–Kier alpha value is -1.55. The van der Waals surface area contributed by atoms with Crippen molar-refractivity contribution in [2.45, 2.75) is 32.2 Å². The summed E-state index contributed by atoms with van der Waals surface area (Å²) in [6.07, 6.45) is 10.9. The minimum absolute atomic E-state index is 0.0128. The standard InChI is InChI=1S/C15H21N3O/c1-15(2)11-19-10-9-18(15)14-12-7-5-3-4-6-8-13(12)16-17-14/h3,5,7-8,16H,4,6,9-11H2,1-2H3/b5-3+,12-7+,13-8+. The first-order valence-corrected chi connectivity index (χ1v) is 6.95. The summed E-state index contributed by atoms with van der Waals surface area (Å²) in [4.78, 5) is 2.35. The molecule has 2 aliphatic rings. The molecule has 1 aliphatic carbocycles. The van der Waals surface area contributed by atoms with Gasteiger partial charge >= 0.3 is 0 Å². The molecule has 0 aromatic carbocycles. The summed E-state index contributed by atoms with van der Waals surface area (Å²) < 4.78 is 5.59. The van der Waals surface area contributed by atoms with Crippen LogP contribution >= 0.6 is 0 Å². The molecule has 1 aromatic rings. The molecule has 102 valence electrons. The molecule has 0 radical (unpaired) electrons. The zero-order chi connectivity index (χ0) is 13.3. The molecule has 0 bridgehead atoms. The van der Waals surface area contributed by atoms with Crippen molar-refractivity contribution in [2.24, 2.45) is 0 Å². The second-order valence-corrected chi connectivity index (χ2v) is 5.77. The van der Waals surface area contributed by atoms with Gasteiger partial charge in [0.25, 0.3) is 0 Å². The van der Waals surface area contributed by atoms with Gasteiger partial charge in [-0.1, -0.05) is 18.2 Å². The zero-order valence-electron chi connectivity index (χ0n) is 11.6. The Balaban J connectivity index is 2.10. The maximum absolute atomic E-state index is 5.59. The van der Waals surface area contributed by atoms with Gasteiger partial charge < -0.3 is 9.64 Å². The lowest BCUT2D eigenvalue weighted by Crippen LogP contribution is -2.55. The van der Waals surface area contributed by atoms with Crippen molar-refractivity contribution in [3.05, 3.63) is 22.7 Å². The summed E-state index contributed by atoms with van der Waals surface area (Å²) in [6, 6.07) is 0. The molecule has 4 nitrogen and oxygen atoms in total. The van der Waals surface area contributed by atoms with Crippen LogP contribution in [-0.4, -0.2) is 35.5 Å². The van der Waals surface area contributed by atoms with E-state index in [-0.39, 0.29) is 5.54 Å². The molecule has 0 atom stereocenters. The molecule has 1 aromatic heterocycles. The highest BCUT2D eigenvalue weighted by Gasteiger charge is 2.32. The Morgan fingerprint density at radius 3 is 3.11 bits per heavy atom. The number of allylic oxidation sites excluding steroid dienone is 2. The number of nitrogens with zero attached hydrogens (tertiary/aromatic N) is 2. The quantitative estimate of drug-likeness (QED) is 0.816. The monoisotopic (exact) mass is 259 g/mol. The summed E-state index contributed by atoms with van der Waals surface area (Å²) in [5.74, 6) is 1.05. The van der Waals surface area contributed by atoms with E-state index < -0.39 is 0 Å². The molecular formula is C15H21N3O. The molecule has 19 heavy (non-hydrogen) atoms. The highest BCUT2D eigenvalue weighted by atomic mass is 16.5. The lowest BCUT2D eigenvalue weighted by Gasteiger charge is -2.42. The smallest absolute Gasteiger partial charge is 0.158 e. The second kappa shape index (κ2) is 4.85. The topological polar surface area (TPSA) is 41.1 Å². The van der Waals surface area contributed by atoms with Gasteiger partial charge in [0, 0.05) is 11.8 Å². The van der Waals surface area contributed by atoms with Crippen LogP contribution in [0.3, 0.4) is 0 Å². The van der Waals surface area contributed by atoms with Gasteiger partial charge in [0.1, 0.15) is 0 Å². The first-order valence-electron chi connectivity index (χ1n) is 6.95. The number of aromatic amines is 1.